The number of benzene rings is 1. The number of nitrogens with zero attached hydrogens (tertiary/aromatic N) is 4. The van der Waals surface area contributed by atoms with Crippen LogP contribution in [0.3, 0.4) is 0 Å². The highest BCUT2D eigenvalue weighted by atomic mass is 19.1. The Balaban J connectivity index is 1.26. The molecule has 11 heteroatoms. The lowest BCUT2D eigenvalue weighted by atomic mass is 10.0. The van der Waals surface area contributed by atoms with Gasteiger partial charge in [-0.2, -0.15) is 0 Å². The van der Waals surface area contributed by atoms with E-state index in [4.69, 9.17) is 9.47 Å². The number of hydrogen-bond donors (Lipinski definition) is 2. The van der Waals surface area contributed by atoms with Gasteiger partial charge in [0.2, 0.25) is 0 Å². The lowest BCUT2D eigenvalue weighted by Crippen LogP contribution is -2.56. The first-order valence-corrected chi connectivity index (χ1v) is 12.9. The summed E-state index contributed by atoms with van der Waals surface area (Å²) < 4.78 is 24.8. The van der Waals surface area contributed by atoms with Crippen LogP contribution in [-0.4, -0.2) is 80.7 Å². The van der Waals surface area contributed by atoms with E-state index in [0.717, 1.165) is 19.3 Å². The zero-order chi connectivity index (χ0) is 26.9. The predicted molar refractivity (Wildman–Crippen MR) is 140 cm³/mol. The zero-order valence-corrected chi connectivity index (χ0v) is 21.9. The van der Waals surface area contributed by atoms with Gasteiger partial charge in [-0.25, -0.2) is 19.2 Å². The van der Waals surface area contributed by atoms with Crippen LogP contribution in [0.2, 0.25) is 0 Å². The van der Waals surface area contributed by atoms with Crippen LogP contribution in [0, 0.1) is 5.82 Å². The molecule has 2 amide bonds. The fourth-order valence-electron chi connectivity index (χ4n) is 4.84. The van der Waals surface area contributed by atoms with Gasteiger partial charge in [0.1, 0.15) is 41.1 Å². The Morgan fingerprint density at radius 2 is 2.03 bits per heavy atom. The topological polar surface area (TPSA) is 113 Å². The molecule has 10 nitrogen and oxygen atoms in total. The van der Waals surface area contributed by atoms with Crippen molar-refractivity contribution in [1.82, 2.24) is 24.8 Å². The predicted octanol–water partition coefficient (Wildman–Crippen LogP) is 4.20. The largest absolute Gasteiger partial charge is 0.487 e. The van der Waals surface area contributed by atoms with E-state index < -0.39 is 5.60 Å². The minimum absolute atomic E-state index is 0.0576. The SMILES string of the molecule is CC(C)(C)OC(=O)N1CCCCC1CNc1ncnc2[nH]cc(C(=O)N3CC(Oc4cccc(F)c4)C3)c12. The third-order valence-electron chi connectivity index (χ3n) is 6.69. The number of aromatic nitrogens is 3. The van der Waals surface area contributed by atoms with E-state index in [2.05, 4.69) is 20.3 Å². The number of nitrogens with one attached hydrogen (secondary N) is 2. The van der Waals surface area contributed by atoms with E-state index in [1.165, 1.54) is 18.5 Å². The van der Waals surface area contributed by atoms with Crippen molar-refractivity contribution in [3.8, 4) is 5.75 Å². The van der Waals surface area contributed by atoms with Crippen molar-refractivity contribution in [3.05, 3.63) is 48.2 Å². The molecule has 2 aliphatic rings. The van der Waals surface area contributed by atoms with Gasteiger partial charge in [-0.1, -0.05) is 6.07 Å². The van der Waals surface area contributed by atoms with Crippen LogP contribution in [0.25, 0.3) is 11.0 Å². The monoisotopic (exact) mass is 524 g/mol. The van der Waals surface area contributed by atoms with E-state index in [0.29, 0.717) is 54.3 Å². The number of halogens is 1. The number of anilines is 1. The maximum atomic E-state index is 13.4. The molecule has 0 radical (unpaired) electrons. The molecule has 3 aromatic rings. The molecule has 0 bridgehead atoms. The first kappa shape index (κ1) is 25.7. The van der Waals surface area contributed by atoms with Gasteiger partial charge in [0.05, 0.1) is 30.1 Å². The minimum Gasteiger partial charge on any atom is -0.487 e. The lowest BCUT2D eigenvalue weighted by Gasteiger charge is -2.39. The first-order valence-electron chi connectivity index (χ1n) is 12.9. The van der Waals surface area contributed by atoms with Crippen molar-refractivity contribution in [2.45, 2.75) is 57.8 Å². The second-order valence-electron chi connectivity index (χ2n) is 10.8. The molecule has 2 aromatic heterocycles. The summed E-state index contributed by atoms with van der Waals surface area (Å²) in [7, 11) is 0. The van der Waals surface area contributed by atoms with Gasteiger partial charge >= 0.3 is 6.09 Å². The molecule has 1 atom stereocenters. The van der Waals surface area contributed by atoms with E-state index in [9.17, 15) is 14.0 Å². The van der Waals surface area contributed by atoms with E-state index in [1.54, 1.807) is 28.1 Å². The van der Waals surface area contributed by atoms with Crippen LogP contribution < -0.4 is 10.1 Å². The Bertz CT molecular complexity index is 1320. The van der Waals surface area contributed by atoms with Crippen molar-refractivity contribution in [2.24, 2.45) is 0 Å². The zero-order valence-electron chi connectivity index (χ0n) is 21.9. The Kier molecular flexibility index (Phi) is 7.09. The summed E-state index contributed by atoms with van der Waals surface area (Å²) in [4.78, 5) is 41.3. The molecule has 38 heavy (non-hydrogen) atoms. The van der Waals surface area contributed by atoms with Crippen LogP contribution in [0.5, 0.6) is 5.75 Å². The molecule has 4 heterocycles. The molecular formula is C27H33FN6O4. The van der Waals surface area contributed by atoms with Gasteiger partial charge in [0.15, 0.2) is 0 Å². The maximum Gasteiger partial charge on any atom is 0.410 e. The molecule has 2 saturated heterocycles. The average molecular weight is 525 g/mol. The Labute approximate surface area is 220 Å². The van der Waals surface area contributed by atoms with Crippen molar-refractivity contribution >= 4 is 28.9 Å². The molecular weight excluding hydrogens is 491 g/mol. The lowest BCUT2D eigenvalue weighted by molar-refractivity contribution is 0.0114. The number of H-pyrrole nitrogens is 1. The third kappa shape index (κ3) is 5.66. The summed E-state index contributed by atoms with van der Waals surface area (Å²) in [5.74, 6) is 0.442. The second-order valence-corrected chi connectivity index (χ2v) is 10.8. The van der Waals surface area contributed by atoms with Gasteiger partial charge in [-0.15, -0.1) is 0 Å². The molecule has 202 valence electrons. The van der Waals surface area contributed by atoms with Crippen LogP contribution in [-0.2, 0) is 4.74 Å². The van der Waals surface area contributed by atoms with Crippen molar-refractivity contribution < 1.29 is 23.5 Å². The molecule has 5 rings (SSSR count). The molecule has 0 saturated carbocycles. The number of rotatable bonds is 6. The van der Waals surface area contributed by atoms with E-state index >= 15 is 0 Å². The summed E-state index contributed by atoms with van der Waals surface area (Å²) >= 11 is 0. The number of fused-ring (bicyclic) bond motifs is 1. The molecule has 1 aromatic carbocycles. The molecule has 0 aliphatic carbocycles. The average Bonchev–Trinajstić information content (AvgIpc) is 3.28. The number of likely N-dealkylation sites (tertiary alicyclic amines) is 2. The smallest absolute Gasteiger partial charge is 0.410 e. The number of amides is 2. The van der Waals surface area contributed by atoms with Crippen molar-refractivity contribution in [1.29, 1.82) is 0 Å². The highest BCUT2D eigenvalue weighted by Gasteiger charge is 2.35. The van der Waals surface area contributed by atoms with Crippen LogP contribution in [0.1, 0.15) is 50.4 Å². The summed E-state index contributed by atoms with van der Waals surface area (Å²) in [5.41, 5.74) is 0.440. The van der Waals surface area contributed by atoms with Crippen molar-refractivity contribution in [3.63, 3.8) is 0 Å². The van der Waals surface area contributed by atoms with Gasteiger partial charge in [-0.3, -0.25) is 4.79 Å². The van der Waals surface area contributed by atoms with E-state index in [-0.39, 0.29) is 30.0 Å². The molecule has 0 spiro atoms. The van der Waals surface area contributed by atoms with Crippen LogP contribution in [0.15, 0.2) is 36.8 Å². The highest BCUT2D eigenvalue weighted by Crippen LogP contribution is 2.28. The second kappa shape index (κ2) is 10.5. The fourth-order valence-corrected chi connectivity index (χ4v) is 4.84. The van der Waals surface area contributed by atoms with Crippen LogP contribution in [0.4, 0.5) is 15.0 Å². The van der Waals surface area contributed by atoms with Gasteiger partial charge in [-0.05, 0) is 52.2 Å². The number of hydrogen-bond acceptors (Lipinski definition) is 7. The fraction of sp³-hybridized carbons (Fsp3) is 0.481. The normalized spacial score (nSPS) is 18.3. The highest BCUT2D eigenvalue weighted by molar-refractivity contribution is 6.09. The Morgan fingerprint density at radius 1 is 1.21 bits per heavy atom. The van der Waals surface area contributed by atoms with Gasteiger partial charge < -0.3 is 29.6 Å². The Hall–Kier alpha value is -3.89. The van der Waals surface area contributed by atoms with E-state index in [1.807, 2.05) is 20.8 Å². The summed E-state index contributed by atoms with van der Waals surface area (Å²) in [6.07, 6.45) is 5.36. The van der Waals surface area contributed by atoms with Gasteiger partial charge in [0.25, 0.3) is 5.91 Å². The quantitative estimate of drug-likeness (QED) is 0.497. The standard InChI is InChI=1S/C27H33FN6O4/c1-27(2,3)38-26(36)34-10-5-4-8-18(34)12-29-23-22-21(13-30-24(22)32-16-31-23)25(35)33-14-20(15-33)37-19-9-6-7-17(28)11-19/h6-7,9,11,13,16,18,20H,4-5,8,10,12,14-15H2,1-3H3,(H2,29,30,31,32). The number of carbonyl (C=O) groups is 2. The maximum absolute atomic E-state index is 13.4. The Morgan fingerprint density at radius 3 is 2.79 bits per heavy atom. The van der Waals surface area contributed by atoms with Crippen LogP contribution >= 0.6 is 0 Å². The molecule has 2 N–H and O–H groups in total. The molecule has 1 unspecified atom stereocenters. The first-order chi connectivity index (χ1) is 18.2. The summed E-state index contributed by atoms with van der Waals surface area (Å²) in [6, 6.07) is 5.91. The number of carbonyl (C=O) groups excluding carboxylic acids is 2. The van der Waals surface area contributed by atoms with Gasteiger partial charge in [0, 0.05) is 25.4 Å². The molecule has 2 fully saturated rings. The minimum atomic E-state index is -0.566. The summed E-state index contributed by atoms with van der Waals surface area (Å²) in [5, 5.41) is 3.96. The summed E-state index contributed by atoms with van der Waals surface area (Å²) in [6.45, 7) is 7.48. The number of ether oxygens (including phenoxy) is 2. The number of piperidine rings is 1. The number of aromatic amines is 1. The van der Waals surface area contributed by atoms with Crippen molar-refractivity contribution in [2.75, 3.05) is 31.5 Å². The molecule has 2 aliphatic heterocycles. The third-order valence-corrected chi connectivity index (χ3v) is 6.69.